The van der Waals surface area contributed by atoms with Crippen LogP contribution in [0, 0.1) is 11.3 Å². The van der Waals surface area contributed by atoms with Gasteiger partial charge >= 0.3 is 0 Å². The number of carbonyl (C=O) groups is 2. The van der Waals surface area contributed by atoms with Crippen molar-refractivity contribution >= 4 is 27.7 Å². The number of nitrogens with zero attached hydrogens (tertiary/aromatic N) is 3. The molecule has 26 heavy (non-hydrogen) atoms. The number of nitriles is 1. The second-order valence-electron chi connectivity index (χ2n) is 5.32. The lowest BCUT2D eigenvalue weighted by Gasteiger charge is -2.06. The predicted molar refractivity (Wildman–Crippen MR) is 101 cm³/mol. The van der Waals surface area contributed by atoms with Crippen LogP contribution in [0.5, 0.6) is 0 Å². The third kappa shape index (κ3) is 5.29. The molecule has 0 aliphatic heterocycles. The van der Waals surface area contributed by atoms with Crippen molar-refractivity contribution in [2.45, 2.75) is 13.0 Å². The van der Waals surface area contributed by atoms with E-state index in [0.717, 1.165) is 10.0 Å². The van der Waals surface area contributed by atoms with Crippen LogP contribution in [0.2, 0.25) is 0 Å². The van der Waals surface area contributed by atoms with Crippen molar-refractivity contribution in [1.82, 2.24) is 20.4 Å². The van der Waals surface area contributed by atoms with Crippen molar-refractivity contribution in [3.63, 3.8) is 0 Å². The summed E-state index contributed by atoms with van der Waals surface area (Å²) in [6, 6.07) is 9.55. The summed E-state index contributed by atoms with van der Waals surface area (Å²) in [4.78, 5) is 23.7. The third-order valence-electron chi connectivity index (χ3n) is 3.45. The number of nitrogens with one attached hydrogen (secondary N) is 2. The van der Waals surface area contributed by atoms with Crippen LogP contribution < -0.4 is 10.6 Å². The minimum Gasteiger partial charge on any atom is -0.351 e. The highest BCUT2D eigenvalue weighted by atomic mass is 79.9. The number of benzene rings is 1. The van der Waals surface area contributed by atoms with E-state index >= 15 is 0 Å². The molecule has 0 bridgehead atoms. The lowest BCUT2D eigenvalue weighted by atomic mass is 10.1. The minimum atomic E-state index is -0.295. The van der Waals surface area contributed by atoms with Gasteiger partial charge < -0.3 is 10.6 Å². The van der Waals surface area contributed by atoms with E-state index in [1.165, 1.54) is 6.08 Å². The van der Waals surface area contributed by atoms with Crippen molar-refractivity contribution in [1.29, 1.82) is 5.26 Å². The highest BCUT2D eigenvalue weighted by molar-refractivity contribution is 9.10. The van der Waals surface area contributed by atoms with E-state index in [1.807, 2.05) is 24.3 Å². The molecule has 0 fully saturated rings. The van der Waals surface area contributed by atoms with Crippen molar-refractivity contribution < 1.29 is 9.59 Å². The van der Waals surface area contributed by atoms with Gasteiger partial charge in [0.2, 0.25) is 5.91 Å². The van der Waals surface area contributed by atoms with Gasteiger partial charge in [0.15, 0.2) is 0 Å². The van der Waals surface area contributed by atoms with Crippen molar-refractivity contribution in [2.75, 3.05) is 13.1 Å². The molecule has 134 valence electrons. The Hall–Kier alpha value is -2.92. The number of carbonyl (C=O) groups excluding carboxylic acids is 2. The highest BCUT2D eigenvalue weighted by Gasteiger charge is 2.18. The standard InChI is InChI=1S/C18H18BrN5O2/c1-2-16(25)21-8-9-22-18(26)15-12-24(10-4-7-20)23-17(15)13-5-3-6-14(19)11-13/h2-3,5-6,11-12H,1,4,8-10H2,(H,21,25)(H,22,26). The van der Waals surface area contributed by atoms with Gasteiger partial charge in [-0.15, -0.1) is 0 Å². The maximum atomic E-state index is 12.6. The third-order valence-corrected chi connectivity index (χ3v) is 3.95. The fourth-order valence-corrected chi connectivity index (χ4v) is 2.64. The maximum Gasteiger partial charge on any atom is 0.255 e. The molecule has 0 radical (unpaired) electrons. The molecule has 8 heteroatoms. The Morgan fingerprint density at radius 2 is 2.12 bits per heavy atom. The van der Waals surface area contributed by atoms with Gasteiger partial charge in [-0.2, -0.15) is 10.4 Å². The number of aromatic nitrogens is 2. The van der Waals surface area contributed by atoms with E-state index in [4.69, 9.17) is 5.26 Å². The van der Waals surface area contributed by atoms with Gasteiger partial charge in [-0.05, 0) is 18.2 Å². The smallest absolute Gasteiger partial charge is 0.255 e. The molecule has 2 N–H and O–H groups in total. The molecule has 0 saturated heterocycles. The molecule has 0 unspecified atom stereocenters. The summed E-state index contributed by atoms with van der Waals surface area (Å²) in [5, 5.41) is 18.6. The number of hydrogen-bond donors (Lipinski definition) is 2. The number of hydrogen-bond acceptors (Lipinski definition) is 4. The quantitative estimate of drug-likeness (QED) is 0.509. The van der Waals surface area contributed by atoms with Gasteiger partial charge in [0, 0.05) is 29.3 Å². The van der Waals surface area contributed by atoms with Gasteiger partial charge in [0.25, 0.3) is 5.91 Å². The Kier molecular flexibility index (Phi) is 7.12. The Labute approximate surface area is 159 Å². The summed E-state index contributed by atoms with van der Waals surface area (Å²) in [7, 11) is 0. The molecule has 2 aromatic rings. The molecular weight excluding hydrogens is 398 g/mol. The second-order valence-corrected chi connectivity index (χ2v) is 6.24. The van der Waals surface area contributed by atoms with E-state index in [1.54, 1.807) is 10.9 Å². The molecule has 2 amide bonds. The first-order valence-corrected chi connectivity index (χ1v) is 8.73. The Morgan fingerprint density at radius 1 is 1.35 bits per heavy atom. The van der Waals surface area contributed by atoms with Gasteiger partial charge in [-0.25, -0.2) is 0 Å². The largest absolute Gasteiger partial charge is 0.351 e. The number of amides is 2. The summed E-state index contributed by atoms with van der Waals surface area (Å²) in [6.45, 7) is 4.34. The highest BCUT2D eigenvalue weighted by Crippen LogP contribution is 2.25. The van der Waals surface area contributed by atoms with Crippen LogP contribution in [0.15, 0.2) is 47.6 Å². The predicted octanol–water partition coefficient (Wildman–Crippen LogP) is 2.26. The zero-order valence-electron chi connectivity index (χ0n) is 14.0. The summed E-state index contributed by atoms with van der Waals surface area (Å²) in [5.74, 6) is -0.588. The van der Waals surface area contributed by atoms with Crippen LogP contribution in [0.1, 0.15) is 16.8 Å². The first kappa shape index (κ1) is 19.4. The molecule has 0 aliphatic rings. The van der Waals surface area contributed by atoms with Gasteiger partial charge in [-0.1, -0.05) is 34.6 Å². The van der Waals surface area contributed by atoms with Crippen LogP contribution >= 0.6 is 15.9 Å². The van der Waals surface area contributed by atoms with Crippen LogP contribution in [0.4, 0.5) is 0 Å². The zero-order chi connectivity index (χ0) is 18.9. The number of halogens is 1. The average Bonchev–Trinajstić information content (AvgIpc) is 3.07. The van der Waals surface area contributed by atoms with Gasteiger partial charge in [0.05, 0.1) is 24.6 Å². The molecule has 0 atom stereocenters. The summed E-state index contributed by atoms with van der Waals surface area (Å²) in [6.07, 6.45) is 3.10. The Bertz CT molecular complexity index is 854. The summed E-state index contributed by atoms with van der Waals surface area (Å²) >= 11 is 3.41. The van der Waals surface area contributed by atoms with Crippen molar-refractivity contribution in [3.8, 4) is 17.3 Å². The molecule has 1 aromatic carbocycles. The zero-order valence-corrected chi connectivity index (χ0v) is 15.6. The molecular formula is C18H18BrN5O2. The molecule has 0 spiro atoms. The lowest BCUT2D eigenvalue weighted by molar-refractivity contribution is -0.116. The van der Waals surface area contributed by atoms with Crippen molar-refractivity contribution in [3.05, 3.63) is 53.2 Å². The van der Waals surface area contributed by atoms with Crippen molar-refractivity contribution in [2.24, 2.45) is 0 Å². The minimum absolute atomic E-state index is 0.277. The summed E-state index contributed by atoms with van der Waals surface area (Å²) < 4.78 is 2.47. The maximum absolute atomic E-state index is 12.6. The van der Waals surface area contributed by atoms with E-state index in [9.17, 15) is 9.59 Å². The molecule has 1 heterocycles. The molecule has 1 aromatic heterocycles. The van der Waals surface area contributed by atoms with Crippen LogP contribution in [-0.4, -0.2) is 34.7 Å². The molecule has 0 saturated carbocycles. The molecule has 2 rings (SSSR count). The van der Waals surface area contributed by atoms with E-state index in [-0.39, 0.29) is 18.4 Å². The normalized spacial score (nSPS) is 10.0. The first-order chi connectivity index (χ1) is 12.5. The fourth-order valence-electron chi connectivity index (χ4n) is 2.24. The first-order valence-electron chi connectivity index (χ1n) is 7.94. The fraction of sp³-hybridized carbons (Fsp3) is 0.222. The van der Waals surface area contributed by atoms with E-state index < -0.39 is 0 Å². The van der Waals surface area contributed by atoms with Gasteiger partial charge in [-0.3, -0.25) is 14.3 Å². The van der Waals surface area contributed by atoms with Crippen LogP contribution in [0.3, 0.4) is 0 Å². The number of aryl methyl sites for hydroxylation is 1. The van der Waals surface area contributed by atoms with E-state index in [0.29, 0.717) is 30.8 Å². The Morgan fingerprint density at radius 3 is 2.81 bits per heavy atom. The average molecular weight is 416 g/mol. The van der Waals surface area contributed by atoms with Gasteiger partial charge in [0.1, 0.15) is 5.69 Å². The topological polar surface area (TPSA) is 99.8 Å². The Balaban J connectivity index is 2.18. The molecule has 7 nitrogen and oxygen atoms in total. The molecule has 0 aliphatic carbocycles. The monoisotopic (exact) mass is 415 g/mol. The lowest BCUT2D eigenvalue weighted by Crippen LogP contribution is -2.34. The summed E-state index contributed by atoms with van der Waals surface area (Å²) in [5.41, 5.74) is 1.74. The van der Waals surface area contributed by atoms with Crippen LogP contribution in [-0.2, 0) is 11.3 Å². The second kappa shape index (κ2) is 9.53. The number of rotatable bonds is 8. The van der Waals surface area contributed by atoms with E-state index in [2.05, 4.69) is 44.3 Å². The van der Waals surface area contributed by atoms with Crippen LogP contribution in [0.25, 0.3) is 11.3 Å². The SMILES string of the molecule is C=CC(=O)NCCNC(=O)c1cn(CCC#N)nc1-c1cccc(Br)c1.